The lowest BCUT2D eigenvalue weighted by atomic mass is 10.1. The van der Waals surface area contributed by atoms with E-state index in [-0.39, 0.29) is 5.78 Å². The van der Waals surface area contributed by atoms with Crippen LogP contribution in [0.25, 0.3) is 0 Å². The first-order chi connectivity index (χ1) is 7.22. The van der Waals surface area contributed by atoms with Crippen LogP contribution in [0.3, 0.4) is 0 Å². The monoisotopic (exact) mass is 201 g/mol. The standard InChI is InChI=1S/C13H15NO/c1-11(15)9-13-6-3-5-12(10-13)7-4-8-14-2/h3,5-6,10,14H,8-9H2,1-2H3. The summed E-state index contributed by atoms with van der Waals surface area (Å²) >= 11 is 0. The van der Waals surface area contributed by atoms with Crippen molar-refractivity contribution in [1.29, 1.82) is 0 Å². The van der Waals surface area contributed by atoms with Gasteiger partial charge in [0.1, 0.15) is 5.78 Å². The summed E-state index contributed by atoms with van der Waals surface area (Å²) in [5.74, 6) is 6.20. The van der Waals surface area contributed by atoms with Crippen molar-refractivity contribution in [2.45, 2.75) is 13.3 Å². The van der Waals surface area contributed by atoms with E-state index < -0.39 is 0 Å². The van der Waals surface area contributed by atoms with Gasteiger partial charge in [-0.1, -0.05) is 24.0 Å². The van der Waals surface area contributed by atoms with Gasteiger partial charge in [-0.25, -0.2) is 0 Å². The molecule has 78 valence electrons. The van der Waals surface area contributed by atoms with Crippen LogP contribution in [0, 0.1) is 11.8 Å². The second kappa shape index (κ2) is 6.00. The average molecular weight is 201 g/mol. The molecule has 2 nitrogen and oxygen atoms in total. The Morgan fingerprint density at radius 2 is 2.27 bits per heavy atom. The zero-order valence-corrected chi connectivity index (χ0v) is 9.13. The normalized spacial score (nSPS) is 9.20. The Hall–Kier alpha value is -1.59. The minimum atomic E-state index is 0.176. The maximum Gasteiger partial charge on any atom is 0.134 e. The van der Waals surface area contributed by atoms with E-state index in [0.717, 1.165) is 11.1 Å². The molecule has 0 aromatic heterocycles. The Labute approximate surface area is 90.7 Å². The molecule has 2 heteroatoms. The zero-order valence-electron chi connectivity index (χ0n) is 9.13. The smallest absolute Gasteiger partial charge is 0.134 e. The van der Waals surface area contributed by atoms with Gasteiger partial charge in [0, 0.05) is 12.0 Å². The molecule has 0 atom stereocenters. The molecule has 0 saturated heterocycles. The van der Waals surface area contributed by atoms with E-state index in [1.165, 1.54) is 0 Å². The number of Topliss-reactive ketones (excluding diaryl/α,β-unsaturated/α-hetero) is 1. The maximum atomic E-state index is 10.9. The largest absolute Gasteiger partial charge is 0.309 e. The van der Waals surface area contributed by atoms with Gasteiger partial charge < -0.3 is 5.32 Å². The van der Waals surface area contributed by atoms with Crippen molar-refractivity contribution >= 4 is 5.78 Å². The minimum Gasteiger partial charge on any atom is -0.309 e. The molecule has 0 aliphatic heterocycles. The summed E-state index contributed by atoms with van der Waals surface area (Å²) < 4.78 is 0. The first-order valence-corrected chi connectivity index (χ1v) is 4.94. The van der Waals surface area contributed by atoms with Crippen LogP contribution in [-0.4, -0.2) is 19.4 Å². The molecule has 0 aliphatic rings. The molecule has 15 heavy (non-hydrogen) atoms. The number of hydrogen-bond acceptors (Lipinski definition) is 2. The van der Waals surface area contributed by atoms with Crippen LogP contribution in [0.5, 0.6) is 0 Å². The lowest BCUT2D eigenvalue weighted by Gasteiger charge is -1.97. The van der Waals surface area contributed by atoms with Gasteiger partial charge in [-0.2, -0.15) is 0 Å². The van der Waals surface area contributed by atoms with Crippen molar-refractivity contribution in [2.24, 2.45) is 0 Å². The average Bonchev–Trinajstić information content (AvgIpc) is 2.18. The van der Waals surface area contributed by atoms with Gasteiger partial charge in [-0.15, -0.1) is 0 Å². The number of carbonyl (C=O) groups is 1. The summed E-state index contributed by atoms with van der Waals surface area (Å²) in [4.78, 5) is 10.9. The van der Waals surface area contributed by atoms with Gasteiger partial charge in [-0.3, -0.25) is 4.79 Å². The second-order valence-corrected chi connectivity index (χ2v) is 3.41. The Morgan fingerprint density at radius 3 is 2.93 bits per heavy atom. The number of nitrogens with one attached hydrogen (secondary N) is 1. The molecule has 1 rings (SSSR count). The maximum absolute atomic E-state index is 10.9. The molecular formula is C13H15NO. The topological polar surface area (TPSA) is 29.1 Å². The summed E-state index contributed by atoms with van der Waals surface area (Å²) in [7, 11) is 1.86. The Kier molecular flexibility index (Phi) is 4.59. The number of ketones is 1. The van der Waals surface area contributed by atoms with Crippen molar-refractivity contribution in [3.63, 3.8) is 0 Å². The summed E-state index contributed by atoms with van der Waals surface area (Å²) in [6, 6.07) is 7.79. The third kappa shape index (κ3) is 4.44. The van der Waals surface area contributed by atoms with E-state index in [0.29, 0.717) is 13.0 Å². The van der Waals surface area contributed by atoms with E-state index in [4.69, 9.17) is 0 Å². The highest BCUT2D eigenvalue weighted by molar-refractivity contribution is 5.78. The fourth-order valence-corrected chi connectivity index (χ4v) is 1.28. The molecule has 1 aromatic rings. The van der Waals surface area contributed by atoms with Gasteiger partial charge in [0.05, 0.1) is 6.54 Å². The van der Waals surface area contributed by atoms with Crippen LogP contribution in [0.2, 0.25) is 0 Å². The van der Waals surface area contributed by atoms with E-state index in [1.54, 1.807) is 6.92 Å². The molecule has 0 aliphatic carbocycles. The molecule has 1 N–H and O–H groups in total. The predicted molar refractivity (Wildman–Crippen MR) is 61.6 cm³/mol. The van der Waals surface area contributed by atoms with Crippen LogP contribution >= 0.6 is 0 Å². The van der Waals surface area contributed by atoms with Gasteiger partial charge in [0.15, 0.2) is 0 Å². The number of benzene rings is 1. The Balaban J connectivity index is 2.75. The molecule has 0 saturated carbocycles. The molecule has 0 radical (unpaired) electrons. The van der Waals surface area contributed by atoms with E-state index in [1.807, 2.05) is 31.3 Å². The molecule has 0 amide bonds. The molecule has 0 heterocycles. The van der Waals surface area contributed by atoms with E-state index >= 15 is 0 Å². The molecule has 0 unspecified atom stereocenters. The third-order valence-electron chi connectivity index (χ3n) is 1.88. The van der Waals surface area contributed by atoms with Crippen LogP contribution in [0.4, 0.5) is 0 Å². The van der Waals surface area contributed by atoms with Crippen molar-refractivity contribution in [2.75, 3.05) is 13.6 Å². The van der Waals surface area contributed by atoms with Crippen LogP contribution in [0.1, 0.15) is 18.1 Å². The molecule has 0 bridgehead atoms. The fourth-order valence-electron chi connectivity index (χ4n) is 1.28. The summed E-state index contributed by atoms with van der Waals surface area (Å²) in [6.07, 6.45) is 0.488. The highest BCUT2D eigenvalue weighted by Crippen LogP contribution is 2.05. The quantitative estimate of drug-likeness (QED) is 0.749. The SMILES string of the molecule is CNCC#Cc1cccc(CC(C)=O)c1. The number of hydrogen-bond donors (Lipinski definition) is 1. The molecular weight excluding hydrogens is 186 g/mol. The summed E-state index contributed by atoms with van der Waals surface area (Å²) in [6.45, 7) is 2.27. The van der Waals surface area contributed by atoms with Crippen LogP contribution < -0.4 is 5.32 Å². The van der Waals surface area contributed by atoms with Gasteiger partial charge in [-0.05, 0) is 31.7 Å². The van der Waals surface area contributed by atoms with Crippen LogP contribution in [0.15, 0.2) is 24.3 Å². The van der Waals surface area contributed by atoms with Crippen molar-refractivity contribution < 1.29 is 4.79 Å². The van der Waals surface area contributed by atoms with E-state index in [2.05, 4.69) is 17.2 Å². The first kappa shape index (κ1) is 11.5. The Bertz CT molecular complexity index is 398. The Morgan fingerprint density at radius 1 is 1.47 bits per heavy atom. The highest BCUT2D eigenvalue weighted by atomic mass is 16.1. The van der Waals surface area contributed by atoms with E-state index in [9.17, 15) is 4.79 Å². The van der Waals surface area contributed by atoms with Gasteiger partial charge in [0.25, 0.3) is 0 Å². The summed E-state index contributed by atoms with van der Waals surface area (Å²) in [5, 5.41) is 2.96. The first-order valence-electron chi connectivity index (χ1n) is 4.94. The molecule has 0 fully saturated rings. The van der Waals surface area contributed by atoms with Crippen molar-refractivity contribution in [3.05, 3.63) is 35.4 Å². The lowest BCUT2D eigenvalue weighted by Crippen LogP contribution is -2.04. The fraction of sp³-hybridized carbons (Fsp3) is 0.308. The second-order valence-electron chi connectivity index (χ2n) is 3.41. The molecule has 0 spiro atoms. The minimum absolute atomic E-state index is 0.176. The summed E-state index contributed by atoms with van der Waals surface area (Å²) in [5.41, 5.74) is 1.99. The number of carbonyl (C=O) groups excluding carboxylic acids is 1. The van der Waals surface area contributed by atoms with Crippen LogP contribution in [-0.2, 0) is 11.2 Å². The lowest BCUT2D eigenvalue weighted by molar-refractivity contribution is -0.116. The van der Waals surface area contributed by atoms with Gasteiger partial charge >= 0.3 is 0 Å². The van der Waals surface area contributed by atoms with Crippen molar-refractivity contribution in [1.82, 2.24) is 5.32 Å². The van der Waals surface area contributed by atoms with Crippen molar-refractivity contribution in [3.8, 4) is 11.8 Å². The van der Waals surface area contributed by atoms with Gasteiger partial charge in [0.2, 0.25) is 0 Å². The number of rotatable bonds is 3. The highest BCUT2D eigenvalue weighted by Gasteiger charge is 1.97. The third-order valence-corrected chi connectivity index (χ3v) is 1.88. The zero-order chi connectivity index (χ0) is 11.1. The predicted octanol–water partition coefficient (Wildman–Crippen LogP) is 1.39. The molecule has 1 aromatic carbocycles.